The Balaban J connectivity index is 2.09. The zero-order valence-electron chi connectivity index (χ0n) is 8.58. The number of nitrogen functional groups attached to an aromatic ring is 1. The molecule has 0 fully saturated rings. The highest BCUT2D eigenvalue weighted by Gasteiger charge is 2.07. The van der Waals surface area contributed by atoms with Crippen LogP contribution in [0.1, 0.15) is 4.88 Å². The van der Waals surface area contributed by atoms with Crippen LogP contribution in [0.25, 0.3) is 0 Å². The molecule has 0 radical (unpaired) electrons. The van der Waals surface area contributed by atoms with E-state index in [9.17, 15) is 0 Å². The average Bonchev–Trinajstić information content (AvgIpc) is 2.74. The van der Waals surface area contributed by atoms with Crippen LogP contribution in [0.2, 0.25) is 0 Å². The van der Waals surface area contributed by atoms with Crippen molar-refractivity contribution in [2.24, 2.45) is 5.84 Å². The van der Waals surface area contributed by atoms with Crippen LogP contribution in [0.4, 0.5) is 11.6 Å². The molecular weight excluding hydrogens is 370 g/mol. The fourth-order valence-electron chi connectivity index (χ4n) is 1.21. The maximum Gasteiger partial charge on any atom is 0.159 e. The number of rotatable bonds is 4. The lowest BCUT2D eigenvalue weighted by atomic mass is 10.4. The van der Waals surface area contributed by atoms with Crippen LogP contribution < -0.4 is 16.6 Å². The van der Waals surface area contributed by atoms with Gasteiger partial charge in [-0.3, -0.25) is 0 Å². The van der Waals surface area contributed by atoms with Gasteiger partial charge in [0.05, 0.1) is 6.54 Å². The zero-order valence-corrected chi connectivity index (χ0v) is 12.6. The third-order valence-corrected chi connectivity index (χ3v) is 4.43. The summed E-state index contributed by atoms with van der Waals surface area (Å²) in [6, 6.07) is 2.06. The van der Waals surface area contributed by atoms with Gasteiger partial charge in [-0.25, -0.2) is 15.8 Å². The smallest absolute Gasteiger partial charge is 0.159 e. The first-order valence-corrected chi connectivity index (χ1v) is 7.11. The van der Waals surface area contributed by atoms with E-state index in [-0.39, 0.29) is 0 Å². The Bertz CT molecular complexity index is 516. The van der Waals surface area contributed by atoms with Crippen molar-refractivity contribution in [3.05, 3.63) is 31.6 Å². The highest BCUT2D eigenvalue weighted by Crippen LogP contribution is 2.27. The predicted octanol–water partition coefficient (Wildman–Crippen LogP) is 2.96. The molecule has 0 aliphatic rings. The van der Waals surface area contributed by atoms with Crippen LogP contribution in [-0.2, 0) is 6.54 Å². The van der Waals surface area contributed by atoms with Gasteiger partial charge in [-0.05, 0) is 37.9 Å². The Morgan fingerprint density at radius 2 is 2.06 bits per heavy atom. The molecule has 2 aromatic heterocycles. The number of hydrogen-bond donors (Lipinski definition) is 3. The minimum absolute atomic E-state index is 0.551. The van der Waals surface area contributed by atoms with Crippen LogP contribution in [0.15, 0.2) is 26.7 Å². The van der Waals surface area contributed by atoms with Crippen molar-refractivity contribution in [2.75, 3.05) is 10.7 Å². The number of hydrogen-bond acceptors (Lipinski definition) is 6. The molecule has 90 valence electrons. The van der Waals surface area contributed by atoms with Crippen molar-refractivity contribution < 1.29 is 0 Å². The predicted molar refractivity (Wildman–Crippen MR) is 76.9 cm³/mol. The molecule has 2 rings (SSSR count). The molecule has 2 aromatic rings. The lowest BCUT2D eigenvalue weighted by molar-refractivity contribution is 1.08. The third kappa shape index (κ3) is 3.15. The monoisotopic (exact) mass is 377 g/mol. The van der Waals surface area contributed by atoms with Gasteiger partial charge in [-0.1, -0.05) is 0 Å². The van der Waals surface area contributed by atoms with E-state index in [4.69, 9.17) is 5.84 Å². The fraction of sp³-hybridized carbons (Fsp3) is 0.111. The minimum atomic E-state index is 0.551. The molecule has 0 amide bonds. The standard InChI is InChI=1S/C9H9Br2N5S/c10-5-1-6(17-3-5)2-13-8-7(11)9(16-12)15-4-14-8/h1,3-4H,2,12H2,(H2,13,14,15,16). The Morgan fingerprint density at radius 3 is 2.71 bits per heavy atom. The molecule has 8 heteroatoms. The van der Waals surface area contributed by atoms with Crippen molar-refractivity contribution in [2.45, 2.75) is 6.54 Å². The number of nitrogens with one attached hydrogen (secondary N) is 2. The Labute approximate surface area is 119 Å². The van der Waals surface area contributed by atoms with Crippen molar-refractivity contribution >= 4 is 54.8 Å². The highest BCUT2D eigenvalue weighted by molar-refractivity contribution is 9.11. The number of aromatic nitrogens is 2. The average molecular weight is 379 g/mol. The summed E-state index contributed by atoms with van der Waals surface area (Å²) in [5, 5.41) is 5.25. The summed E-state index contributed by atoms with van der Waals surface area (Å²) < 4.78 is 1.81. The van der Waals surface area contributed by atoms with Crippen LogP contribution in [0.3, 0.4) is 0 Å². The van der Waals surface area contributed by atoms with Crippen LogP contribution in [0, 0.1) is 0 Å². The minimum Gasteiger partial charge on any atom is -0.364 e. The van der Waals surface area contributed by atoms with Crippen LogP contribution in [0.5, 0.6) is 0 Å². The fourth-order valence-corrected chi connectivity index (χ4v) is 3.06. The summed E-state index contributed by atoms with van der Waals surface area (Å²) in [4.78, 5) is 9.33. The van der Waals surface area contributed by atoms with E-state index in [1.807, 2.05) is 5.38 Å². The van der Waals surface area contributed by atoms with E-state index < -0.39 is 0 Å². The van der Waals surface area contributed by atoms with Gasteiger partial charge >= 0.3 is 0 Å². The van der Waals surface area contributed by atoms with E-state index in [1.54, 1.807) is 11.3 Å². The van der Waals surface area contributed by atoms with E-state index in [2.05, 4.69) is 58.6 Å². The molecule has 0 aliphatic heterocycles. The molecule has 0 aliphatic carbocycles. The first-order valence-electron chi connectivity index (χ1n) is 4.64. The molecule has 0 bridgehead atoms. The molecule has 2 heterocycles. The van der Waals surface area contributed by atoms with Crippen LogP contribution in [-0.4, -0.2) is 9.97 Å². The third-order valence-electron chi connectivity index (χ3n) is 1.98. The molecule has 0 spiro atoms. The summed E-state index contributed by atoms with van der Waals surface area (Å²) in [7, 11) is 0. The maximum absolute atomic E-state index is 5.33. The first-order chi connectivity index (χ1) is 8.20. The Kier molecular flexibility index (Phi) is 4.32. The molecule has 5 nitrogen and oxygen atoms in total. The van der Waals surface area contributed by atoms with Gasteiger partial charge in [0.15, 0.2) is 5.82 Å². The van der Waals surface area contributed by atoms with E-state index in [0.717, 1.165) is 8.95 Å². The van der Waals surface area contributed by atoms with E-state index in [1.165, 1.54) is 11.2 Å². The number of nitrogens with two attached hydrogens (primary N) is 1. The maximum atomic E-state index is 5.33. The lowest BCUT2D eigenvalue weighted by Crippen LogP contribution is -2.11. The van der Waals surface area contributed by atoms with Gasteiger partial charge in [-0.2, -0.15) is 0 Å². The topological polar surface area (TPSA) is 75.9 Å². The quantitative estimate of drug-likeness (QED) is 0.563. The number of hydrazine groups is 1. The van der Waals surface area contributed by atoms with Crippen molar-refractivity contribution in [1.29, 1.82) is 0 Å². The lowest BCUT2D eigenvalue weighted by Gasteiger charge is -2.08. The van der Waals surface area contributed by atoms with Gasteiger partial charge < -0.3 is 10.7 Å². The summed E-state index contributed by atoms with van der Waals surface area (Å²) in [5.74, 6) is 6.58. The Morgan fingerprint density at radius 1 is 1.29 bits per heavy atom. The zero-order chi connectivity index (χ0) is 12.3. The molecule has 0 unspecified atom stereocenters. The molecule has 0 atom stereocenters. The van der Waals surface area contributed by atoms with Gasteiger partial charge in [-0.15, -0.1) is 11.3 Å². The summed E-state index contributed by atoms with van der Waals surface area (Å²) >= 11 is 8.48. The van der Waals surface area contributed by atoms with Crippen molar-refractivity contribution in [3.8, 4) is 0 Å². The van der Waals surface area contributed by atoms with E-state index >= 15 is 0 Å². The SMILES string of the molecule is NNc1ncnc(NCc2cc(Br)cs2)c1Br. The van der Waals surface area contributed by atoms with Crippen molar-refractivity contribution in [3.63, 3.8) is 0 Å². The molecule has 0 aromatic carbocycles. The molecule has 17 heavy (non-hydrogen) atoms. The summed E-state index contributed by atoms with van der Waals surface area (Å²) in [6.45, 7) is 0.704. The van der Waals surface area contributed by atoms with Gasteiger partial charge in [0, 0.05) is 14.7 Å². The normalized spacial score (nSPS) is 10.3. The van der Waals surface area contributed by atoms with Crippen LogP contribution >= 0.6 is 43.2 Å². The van der Waals surface area contributed by atoms with E-state index in [0.29, 0.717) is 18.2 Å². The van der Waals surface area contributed by atoms with Gasteiger partial charge in [0.25, 0.3) is 0 Å². The van der Waals surface area contributed by atoms with Crippen molar-refractivity contribution in [1.82, 2.24) is 9.97 Å². The molecule has 0 saturated heterocycles. The second-order valence-electron chi connectivity index (χ2n) is 3.11. The number of halogens is 2. The summed E-state index contributed by atoms with van der Waals surface area (Å²) in [6.07, 6.45) is 1.45. The highest BCUT2D eigenvalue weighted by atomic mass is 79.9. The van der Waals surface area contributed by atoms with Gasteiger partial charge in [0.2, 0.25) is 0 Å². The Hall–Kier alpha value is -0.700. The molecular formula is C9H9Br2N5S. The number of thiophene rings is 1. The largest absolute Gasteiger partial charge is 0.364 e. The summed E-state index contributed by atoms with van der Waals surface area (Å²) in [5.41, 5.74) is 2.50. The van der Waals surface area contributed by atoms with Gasteiger partial charge in [0.1, 0.15) is 16.6 Å². The number of anilines is 2. The second kappa shape index (κ2) is 5.76. The second-order valence-corrected chi connectivity index (χ2v) is 5.82. The first kappa shape index (κ1) is 12.7. The number of nitrogens with zero attached hydrogens (tertiary/aromatic N) is 2. The molecule has 0 saturated carbocycles. The molecule has 4 N–H and O–H groups in total.